The molecule has 1 saturated carbocycles. The van der Waals surface area contributed by atoms with Gasteiger partial charge in [-0.05, 0) is 37.0 Å². The van der Waals surface area contributed by atoms with Crippen LogP contribution in [0.4, 0.5) is 5.69 Å². The zero-order chi connectivity index (χ0) is 14.6. The molecule has 0 unspecified atom stereocenters. The van der Waals surface area contributed by atoms with E-state index in [4.69, 9.17) is 0 Å². The van der Waals surface area contributed by atoms with Crippen LogP contribution in [0.3, 0.4) is 0 Å². The molecule has 2 rings (SSSR count). The number of unbranched alkanes of at least 4 members (excludes halogenated alkanes) is 1. The van der Waals surface area contributed by atoms with Gasteiger partial charge in [-0.3, -0.25) is 9.59 Å². The number of nitrogens with one attached hydrogen (secondary N) is 2. The molecule has 0 radical (unpaired) electrons. The fourth-order valence-corrected chi connectivity index (χ4v) is 2.40. The number of benzene rings is 1. The Balaban J connectivity index is 2.02. The first kappa shape index (κ1) is 14.6. The maximum atomic E-state index is 12.3. The van der Waals surface area contributed by atoms with Crippen molar-refractivity contribution in [3.8, 4) is 0 Å². The average Bonchev–Trinajstić information content (AvgIpc) is 3.20. The van der Waals surface area contributed by atoms with Crippen molar-refractivity contribution in [2.45, 2.75) is 44.9 Å². The molecule has 1 aromatic rings. The first-order valence-corrected chi connectivity index (χ1v) is 7.25. The van der Waals surface area contributed by atoms with Gasteiger partial charge >= 0.3 is 0 Å². The Morgan fingerprint density at radius 3 is 2.35 bits per heavy atom. The van der Waals surface area contributed by atoms with E-state index in [1.807, 2.05) is 24.3 Å². The minimum Gasteiger partial charge on any atom is -0.355 e. The lowest BCUT2D eigenvalue weighted by Gasteiger charge is -2.16. The molecule has 0 saturated heterocycles. The monoisotopic (exact) mass is 274 g/mol. The Morgan fingerprint density at radius 2 is 1.85 bits per heavy atom. The van der Waals surface area contributed by atoms with E-state index in [2.05, 4.69) is 17.6 Å². The Morgan fingerprint density at radius 1 is 1.20 bits per heavy atom. The predicted octanol–water partition coefficient (Wildman–Crippen LogP) is 2.59. The van der Waals surface area contributed by atoms with Gasteiger partial charge in [-0.15, -0.1) is 0 Å². The number of rotatable bonds is 6. The van der Waals surface area contributed by atoms with Crippen LogP contribution in [0.25, 0.3) is 0 Å². The summed E-state index contributed by atoms with van der Waals surface area (Å²) in [5.74, 6) is 0.0504. The van der Waals surface area contributed by atoms with Crippen LogP contribution in [0.1, 0.15) is 45.1 Å². The Labute approximate surface area is 119 Å². The molecule has 2 amide bonds. The molecule has 0 bridgehead atoms. The van der Waals surface area contributed by atoms with E-state index in [1.54, 1.807) is 0 Å². The molecule has 0 spiro atoms. The lowest BCUT2D eigenvalue weighted by atomic mass is 9.94. The van der Waals surface area contributed by atoms with Crippen molar-refractivity contribution in [2.24, 2.45) is 0 Å². The second kappa shape index (κ2) is 6.07. The third-order valence-corrected chi connectivity index (χ3v) is 3.76. The van der Waals surface area contributed by atoms with Crippen LogP contribution in [0, 0.1) is 0 Å². The van der Waals surface area contributed by atoms with Crippen molar-refractivity contribution in [3.63, 3.8) is 0 Å². The zero-order valence-electron chi connectivity index (χ0n) is 12.2. The molecule has 1 aromatic carbocycles. The molecule has 4 heteroatoms. The molecule has 2 N–H and O–H groups in total. The van der Waals surface area contributed by atoms with Crippen molar-refractivity contribution < 1.29 is 9.59 Å². The normalized spacial score (nSPS) is 15.5. The molecule has 108 valence electrons. The van der Waals surface area contributed by atoms with E-state index >= 15 is 0 Å². The second-order valence-electron chi connectivity index (χ2n) is 5.45. The maximum absolute atomic E-state index is 12.3. The molecule has 1 fully saturated rings. The van der Waals surface area contributed by atoms with Gasteiger partial charge in [-0.1, -0.05) is 25.5 Å². The van der Waals surface area contributed by atoms with Crippen LogP contribution in [0.5, 0.6) is 0 Å². The van der Waals surface area contributed by atoms with Crippen molar-refractivity contribution in [1.82, 2.24) is 5.32 Å². The summed E-state index contributed by atoms with van der Waals surface area (Å²) in [6, 6.07) is 7.60. The molecule has 0 aromatic heterocycles. The number of hydrogen-bond acceptors (Lipinski definition) is 2. The van der Waals surface area contributed by atoms with Crippen molar-refractivity contribution >= 4 is 17.5 Å². The van der Waals surface area contributed by atoms with Crippen LogP contribution in [-0.4, -0.2) is 18.4 Å². The molecule has 1 aliphatic carbocycles. The van der Waals surface area contributed by atoms with E-state index < -0.39 is 0 Å². The summed E-state index contributed by atoms with van der Waals surface area (Å²) in [5, 5.41) is 5.76. The standard InChI is InChI=1S/C16H22N2O2/c1-3-4-11-17-15(20)16(9-10-16)13-5-7-14(8-6-13)18-12(2)19/h5-8H,3-4,9-11H2,1-2H3,(H,17,20)(H,18,19). The van der Waals surface area contributed by atoms with Gasteiger partial charge in [0.25, 0.3) is 0 Å². The van der Waals surface area contributed by atoms with Crippen LogP contribution < -0.4 is 10.6 Å². The summed E-state index contributed by atoms with van der Waals surface area (Å²) in [6.45, 7) is 4.35. The van der Waals surface area contributed by atoms with Crippen molar-refractivity contribution in [2.75, 3.05) is 11.9 Å². The number of carbonyl (C=O) groups excluding carboxylic acids is 2. The van der Waals surface area contributed by atoms with Gasteiger partial charge in [0.1, 0.15) is 0 Å². The van der Waals surface area contributed by atoms with E-state index in [0.717, 1.165) is 43.5 Å². The Hall–Kier alpha value is -1.84. The second-order valence-corrected chi connectivity index (χ2v) is 5.45. The van der Waals surface area contributed by atoms with Crippen molar-refractivity contribution in [1.29, 1.82) is 0 Å². The lowest BCUT2D eigenvalue weighted by Crippen LogP contribution is -2.35. The van der Waals surface area contributed by atoms with Crippen molar-refractivity contribution in [3.05, 3.63) is 29.8 Å². The third kappa shape index (κ3) is 3.18. The summed E-state index contributed by atoms with van der Waals surface area (Å²) in [6.07, 6.45) is 3.91. The summed E-state index contributed by atoms with van der Waals surface area (Å²) in [5.41, 5.74) is 1.48. The first-order chi connectivity index (χ1) is 9.58. The number of carbonyl (C=O) groups is 2. The first-order valence-electron chi connectivity index (χ1n) is 7.25. The van der Waals surface area contributed by atoms with Gasteiger partial charge in [0, 0.05) is 19.2 Å². The average molecular weight is 274 g/mol. The quantitative estimate of drug-likeness (QED) is 0.783. The van der Waals surface area contributed by atoms with Gasteiger partial charge in [-0.2, -0.15) is 0 Å². The molecular weight excluding hydrogens is 252 g/mol. The predicted molar refractivity (Wildman–Crippen MR) is 79.6 cm³/mol. The highest BCUT2D eigenvalue weighted by Gasteiger charge is 2.50. The van der Waals surface area contributed by atoms with E-state index in [1.165, 1.54) is 6.92 Å². The number of amides is 2. The molecule has 4 nitrogen and oxygen atoms in total. The molecule has 0 aliphatic heterocycles. The van der Waals surface area contributed by atoms with Gasteiger partial charge in [0.2, 0.25) is 11.8 Å². The largest absolute Gasteiger partial charge is 0.355 e. The minimum absolute atomic E-state index is 0.0869. The minimum atomic E-state index is -0.331. The van der Waals surface area contributed by atoms with Gasteiger partial charge in [0.15, 0.2) is 0 Å². The van der Waals surface area contributed by atoms with Crippen LogP contribution >= 0.6 is 0 Å². The molecule has 1 aliphatic rings. The smallest absolute Gasteiger partial charge is 0.230 e. The van der Waals surface area contributed by atoms with Crippen LogP contribution in [0.2, 0.25) is 0 Å². The van der Waals surface area contributed by atoms with Crippen LogP contribution in [0.15, 0.2) is 24.3 Å². The summed E-state index contributed by atoms with van der Waals surface area (Å²) >= 11 is 0. The summed E-state index contributed by atoms with van der Waals surface area (Å²) < 4.78 is 0. The lowest BCUT2D eigenvalue weighted by molar-refractivity contribution is -0.123. The van der Waals surface area contributed by atoms with E-state index in [-0.39, 0.29) is 17.2 Å². The third-order valence-electron chi connectivity index (χ3n) is 3.76. The number of anilines is 1. The highest BCUT2D eigenvalue weighted by molar-refractivity contribution is 5.92. The summed E-state index contributed by atoms with van der Waals surface area (Å²) in [4.78, 5) is 23.3. The van der Waals surface area contributed by atoms with Gasteiger partial charge < -0.3 is 10.6 Å². The highest BCUT2D eigenvalue weighted by Crippen LogP contribution is 2.48. The zero-order valence-corrected chi connectivity index (χ0v) is 12.2. The number of hydrogen-bond donors (Lipinski definition) is 2. The molecule has 20 heavy (non-hydrogen) atoms. The molecule has 0 heterocycles. The Bertz CT molecular complexity index is 490. The van der Waals surface area contributed by atoms with Crippen LogP contribution in [-0.2, 0) is 15.0 Å². The molecular formula is C16H22N2O2. The highest BCUT2D eigenvalue weighted by atomic mass is 16.2. The topological polar surface area (TPSA) is 58.2 Å². The maximum Gasteiger partial charge on any atom is 0.230 e. The van der Waals surface area contributed by atoms with E-state index in [9.17, 15) is 9.59 Å². The SMILES string of the molecule is CCCCNC(=O)C1(c2ccc(NC(C)=O)cc2)CC1. The molecule has 0 atom stereocenters. The Kier molecular flexibility index (Phi) is 4.42. The fourth-order valence-electron chi connectivity index (χ4n) is 2.40. The fraction of sp³-hybridized carbons (Fsp3) is 0.500. The summed E-state index contributed by atoms with van der Waals surface area (Å²) in [7, 11) is 0. The van der Waals surface area contributed by atoms with E-state index in [0.29, 0.717) is 0 Å². The van der Waals surface area contributed by atoms with Gasteiger partial charge in [-0.25, -0.2) is 0 Å². The van der Waals surface area contributed by atoms with Gasteiger partial charge in [0.05, 0.1) is 5.41 Å².